The predicted molar refractivity (Wildman–Crippen MR) is 85.0 cm³/mol. The highest BCUT2D eigenvalue weighted by Gasteiger charge is 2.28. The number of carbonyl (C=O) groups is 1. The average molecular weight is 299 g/mol. The molecule has 0 saturated heterocycles. The van der Waals surface area contributed by atoms with Crippen LogP contribution in [0.5, 0.6) is 0 Å². The number of benzene rings is 1. The molecule has 0 saturated carbocycles. The molecule has 3 rings (SSSR count). The van der Waals surface area contributed by atoms with E-state index in [0.717, 1.165) is 17.3 Å². The van der Waals surface area contributed by atoms with Gasteiger partial charge in [0, 0.05) is 31.9 Å². The highest BCUT2D eigenvalue weighted by atomic mass is 16.2. The summed E-state index contributed by atoms with van der Waals surface area (Å²) in [7, 11) is 3.94. The molecule has 0 radical (unpaired) electrons. The van der Waals surface area contributed by atoms with Gasteiger partial charge in [0.2, 0.25) is 0 Å². The van der Waals surface area contributed by atoms with Crippen LogP contribution in [0.15, 0.2) is 24.3 Å². The van der Waals surface area contributed by atoms with E-state index in [0.29, 0.717) is 18.7 Å². The molecular weight excluding hydrogens is 278 g/mol. The highest BCUT2D eigenvalue weighted by molar-refractivity contribution is 5.95. The van der Waals surface area contributed by atoms with Gasteiger partial charge in [-0.15, -0.1) is 10.2 Å². The Morgan fingerprint density at radius 3 is 2.82 bits per heavy atom. The van der Waals surface area contributed by atoms with Gasteiger partial charge in [-0.2, -0.15) is 0 Å². The number of hydrogen-bond acceptors (Lipinski definition) is 4. The third kappa shape index (κ3) is 2.45. The summed E-state index contributed by atoms with van der Waals surface area (Å²) in [5.74, 6) is 1.81. The molecule has 1 amide bonds. The molecule has 1 aromatic heterocycles. The number of anilines is 1. The van der Waals surface area contributed by atoms with Crippen molar-refractivity contribution in [3.05, 3.63) is 41.5 Å². The van der Waals surface area contributed by atoms with Crippen molar-refractivity contribution in [2.45, 2.75) is 26.4 Å². The van der Waals surface area contributed by atoms with E-state index in [1.165, 1.54) is 0 Å². The van der Waals surface area contributed by atoms with Crippen molar-refractivity contribution in [2.75, 3.05) is 25.5 Å². The molecule has 0 bridgehead atoms. The van der Waals surface area contributed by atoms with E-state index in [1.807, 2.05) is 55.1 Å². The number of hydrogen-bond donors (Lipinski definition) is 0. The highest BCUT2D eigenvalue weighted by Crippen LogP contribution is 2.23. The first-order valence-electron chi connectivity index (χ1n) is 7.44. The molecule has 1 aliphatic heterocycles. The lowest BCUT2D eigenvalue weighted by Gasteiger charge is -2.32. The van der Waals surface area contributed by atoms with Crippen LogP contribution in [0.3, 0.4) is 0 Å². The number of aryl methyl sites for hydroxylation is 1. The van der Waals surface area contributed by atoms with Gasteiger partial charge in [-0.05, 0) is 32.0 Å². The van der Waals surface area contributed by atoms with E-state index in [1.54, 1.807) is 0 Å². The molecule has 6 nitrogen and oxygen atoms in total. The minimum atomic E-state index is 0.0439. The summed E-state index contributed by atoms with van der Waals surface area (Å²) in [5, 5.41) is 8.31. The van der Waals surface area contributed by atoms with Crippen molar-refractivity contribution in [2.24, 2.45) is 0 Å². The molecule has 1 aromatic carbocycles. The maximum absolute atomic E-state index is 12.8. The summed E-state index contributed by atoms with van der Waals surface area (Å²) >= 11 is 0. The van der Waals surface area contributed by atoms with Crippen molar-refractivity contribution in [1.29, 1.82) is 0 Å². The van der Waals surface area contributed by atoms with Gasteiger partial charge in [0.05, 0.1) is 12.6 Å². The van der Waals surface area contributed by atoms with Crippen LogP contribution in [0, 0.1) is 6.92 Å². The van der Waals surface area contributed by atoms with Crippen LogP contribution >= 0.6 is 0 Å². The summed E-state index contributed by atoms with van der Waals surface area (Å²) in [6, 6.07) is 7.90. The summed E-state index contributed by atoms with van der Waals surface area (Å²) in [6.07, 6.45) is 0. The van der Waals surface area contributed by atoms with Crippen LogP contribution < -0.4 is 4.90 Å². The monoisotopic (exact) mass is 299 g/mol. The number of carbonyl (C=O) groups excluding carboxylic acids is 1. The normalized spacial score (nSPS) is 17.3. The lowest BCUT2D eigenvalue weighted by Crippen LogP contribution is -2.40. The summed E-state index contributed by atoms with van der Waals surface area (Å²) < 4.78 is 2.11. The van der Waals surface area contributed by atoms with Crippen LogP contribution in [-0.4, -0.2) is 46.2 Å². The van der Waals surface area contributed by atoms with Crippen molar-refractivity contribution < 1.29 is 4.79 Å². The summed E-state index contributed by atoms with van der Waals surface area (Å²) in [4.78, 5) is 16.6. The number of amides is 1. The van der Waals surface area contributed by atoms with Gasteiger partial charge in [0.15, 0.2) is 5.82 Å². The van der Waals surface area contributed by atoms with E-state index in [-0.39, 0.29) is 11.9 Å². The first kappa shape index (κ1) is 14.6. The number of aromatic nitrogens is 3. The number of rotatable bonds is 2. The van der Waals surface area contributed by atoms with Gasteiger partial charge < -0.3 is 14.4 Å². The second-order valence-electron chi connectivity index (χ2n) is 6.01. The van der Waals surface area contributed by atoms with Gasteiger partial charge in [0.25, 0.3) is 5.91 Å². The lowest BCUT2D eigenvalue weighted by atomic mass is 10.1. The second kappa shape index (κ2) is 5.44. The maximum Gasteiger partial charge on any atom is 0.254 e. The lowest BCUT2D eigenvalue weighted by molar-refractivity contribution is 0.0680. The Morgan fingerprint density at radius 1 is 1.32 bits per heavy atom. The molecule has 2 aromatic rings. The minimum Gasteiger partial charge on any atom is -0.378 e. The molecular formula is C16H21N5O. The predicted octanol–water partition coefficient (Wildman–Crippen LogP) is 1.87. The third-order valence-corrected chi connectivity index (χ3v) is 4.09. The van der Waals surface area contributed by atoms with Crippen molar-refractivity contribution in [1.82, 2.24) is 19.7 Å². The Morgan fingerprint density at radius 2 is 2.09 bits per heavy atom. The molecule has 0 aliphatic carbocycles. The molecule has 116 valence electrons. The fourth-order valence-electron chi connectivity index (χ4n) is 2.98. The van der Waals surface area contributed by atoms with E-state index >= 15 is 0 Å². The fraction of sp³-hybridized carbons (Fsp3) is 0.438. The molecule has 0 fully saturated rings. The molecule has 22 heavy (non-hydrogen) atoms. The minimum absolute atomic E-state index is 0.0439. The van der Waals surface area contributed by atoms with Crippen LogP contribution in [0.25, 0.3) is 0 Å². The Balaban J connectivity index is 1.86. The van der Waals surface area contributed by atoms with E-state index in [9.17, 15) is 4.79 Å². The number of nitrogens with zero attached hydrogens (tertiary/aromatic N) is 5. The van der Waals surface area contributed by atoms with Gasteiger partial charge in [-0.25, -0.2) is 0 Å². The molecule has 2 heterocycles. The molecule has 1 aliphatic rings. The Kier molecular flexibility index (Phi) is 3.60. The van der Waals surface area contributed by atoms with Crippen LogP contribution in [0.1, 0.15) is 35.0 Å². The van der Waals surface area contributed by atoms with Crippen LogP contribution in [0.2, 0.25) is 0 Å². The Bertz CT molecular complexity index is 706. The zero-order valence-electron chi connectivity index (χ0n) is 13.4. The van der Waals surface area contributed by atoms with Gasteiger partial charge in [-0.3, -0.25) is 4.79 Å². The first-order valence-corrected chi connectivity index (χ1v) is 7.44. The Labute approximate surface area is 130 Å². The largest absolute Gasteiger partial charge is 0.378 e. The zero-order chi connectivity index (χ0) is 15.9. The standard InChI is InChI=1S/C16H21N5O/c1-11-9-20(10-15-18-17-12(2)21(11)15)16(22)13-6-5-7-14(8-13)19(3)4/h5-8,11H,9-10H2,1-4H3/t11-/m1/s1. The van der Waals surface area contributed by atoms with Crippen LogP contribution in [-0.2, 0) is 6.54 Å². The van der Waals surface area contributed by atoms with Gasteiger partial charge >= 0.3 is 0 Å². The molecule has 0 N–H and O–H groups in total. The maximum atomic E-state index is 12.8. The topological polar surface area (TPSA) is 54.3 Å². The van der Waals surface area contributed by atoms with E-state index in [4.69, 9.17) is 0 Å². The van der Waals surface area contributed by atoms with Crippen molar-refractivity contribution >= 4 is 11.6 Å². The van der Waals surface area contributed by atoms with Gasteiger partial charge in [-0.1, -0.05) is 6.07 Å². The van der Waals surface area contributed by atoms with Crippen molar-refractivity contribution in [3.8, 4) is 0 Å². The second-order valence-corrected chi connectivity index (χ2v) is 6.01. The number of fused-ring (bicyclic) bond motifs is 1. The average Bonchev–Trinajstić information content (AvgIpc) is 2.88. The summed E-state index contributed by atoms with van der Waals surface area (Å²) in [6.45, 7) is 5.23. The van der Waals surface area contributed by atoms with Crippen molar-refractivity contribution in [3.63, 3.8) is 0 Å². The molecule has 6 heteroatoms. The fourth-order valence-corrected chi connectivity index (χ4v) is 2.98. The molecule has 0 unspecified atom stereocenters. The molecule has 1 atom stereocenters. The van der Waals surface area contributed by atoms with E-state index < -0.39 is 0 Å². The SMILES string of the molecule is Cc1nnc2n1[C@H](C)CN(C(=O)c1cccc(N(C)C)c1)C2. The van der Waals surface area contributed by atoms with E-state index in [2.05, 4.69) is 21.7 Å². The third-order valence-electron chi connectivity index (χ3n) is 4.09. The first-order chi connectivity index (χ1) is 10.5. The van der Waals surface area contributed by atoms with Crippen LogP contribution in [0.4, 0.5) is 5.69 Å². The zero-order valence-corrected chi connectivity index (χ0v) is 13.4. The smallest absolute Gasteiger partial charge is 0.254 e. The Hall–Kier alpha value is -2.37. The quantitative estimate of drug-likeness (QED) is 0.849. The van der Waals surface area contributed by atoms with Gasteiger partial charge in [0.1, 0.15) is 5.82 Å². The summed E-state index contributed by atoms with van der Waals surface area (Å²) in [5.41, 5.74) is 1.73. The molecule has 0 spiro atoms.